The number of alkyl halides is 2. The highest BCUT2D eigenvalue weighted by Gasteiger charge is 2.14. The number of anilines is 1. The number of thioether (sulfide) groups is 1. The van der Waals surface area contributed by atoms with Crippen molar-refractivity contribution in [2.24, 2.45) is 0 Å². The molecule has 2 aromatic carbocycles. The average molecular weight is 405 g/mol. The van der Waals surface area contributed by atoms with E-state index in [4.69, 9.17) is 4.42 Å². The lowest BCUT2D eigenvalue weighted by Gasteiger charge is -2.11. The minimum atomic E-state index is -2.98. The van der Waals surface area contributed by atoms with Crippen LogP contribution >= 0.6 is 11.8 Å². The van der Waals surface area contributed by atoms with E-state index in [1.807, 2.05) is 32.0 Å². The largest absolute Gasteiger partial charge is 0.433 e. The zero-order valence-electron chi connectivity index (χ0n) is 15.1. The molecule has 0 aliphatic rings. The van der Waals surface area contributed by atoms with Gasteiger partial charge in [-0.05, 0) is 38.1 Å². The van der Waals surface area contributed by atoms with E-state index in [9.17, 15) is 13.6 Å². The maximum Gasteiger partial charge on any atom is 0.387 e. The lowest BCUT2D eigenvalue weighted by molar-refractivity contribution is -0.113. The number of halogens is 2. The molecule has 0 fully saturated rings. The molecule has 1 heterocycles. The Kier molecular flexibility index (Phi) is 6.25. The Morgan fingerprint density at radius 3 is 2.61 bits per heavy atom. The number of hydrogen-bond donors (Lipinski definition) is 1. The van der Waals surface area contributed by atoms with E-state index < -0.39 is 12.5 Å². The van der Waals surface area contributed by atoms with Gasteiger partial charge in [0, 0.05) is 5.56 Å². The van der Waals surface area contributed by atoms with Gasteiger partial charge >= 0.3 is 6.61 Å². The summed E-state index contributed by atoms with van der Waals surface area (Å²) in [5.41, 5.74) is 3.12. The third-order valence-electron chi connectivity index (χ3n) is 3.58. The normalized spacial score (nSPS) is 10.9. The molecule has 0 saturated heterocycles. The molecule has 3 aromatic rings. The van der Waals surface area contributed by atoms with E-state index in [2.05, 4.69) is 20.3 Å². The van der Waals surface area contributed by atoms with E-state index in [-0.39, 0.29) is 22.4 Å². The summed E-state index contributed by atoms with van der Waals surface area (Å²) in [7, 11) is 0. The van der Waals surface area contributed by atoms with Crippen molar-refractivity contribution < 1.29 is 22.7 Å². The van der Waals surface area contributed by atoms with Crippen molar-refractivity contribution in [2.75, 3.05) is 11.1 Å². The van der Waals surface area contributed by atoms with Crippen LogP contribution in [-0.2, 0) is 4.79 Å². The second-order valence-corrected chi connectivity index (χ2v) is 6.89. The molecule has 0 spiro atoms. The van der Waals surface area contributed by atoms with Gasteiger partial charge in [0.1, 0.15) is 5.75 Å². The molecule has 1 amide bonds. The van der Waals surface area contributed by atoms with Gasteiger partial charge in [-0.1, -0.05) is 41.1 Å². The molecule has 0 saturated carbocycles. The third-order valence-corrected chi connectivity index (χ3v) is 4.40. The number of rotatable bonds is 7. The van der Waals surface area contributed by atoms with Gasteiger partial charge in [0.15, 0.2) is 0 Å². The predicted octanol–water partition coefficient (Wildman–Crippen LogP) is 4.69. The van der Waals surface area contributed by atoms with Gasteiger partial charge in [0.25, 0.3) is 5.22 Å². The molecular formula is C19H17F2N3O3S. The fraction of sp³-hybridized carbons (Fsp3) is 0.211. The number of hydrogen-bond acceptors (Lipinski definition) is 6. The van der Waals surface area contributed by atoms with Gasteiger partial charge in [-0.2, -0.15) is 8.78 Å². The Labute approximate surface area is 164 Å². The first-order chi connectivity index (χ1) is 13.4. The first kappa shape index (κ1) is 19.8. The highest BCUT2D eigenvalue weighted by atomic mass is 32.2. The minimum Gasteiger partial charge on any atom is -0.433 e. The number of amides is 1. The van der Waals surface area contributed by atoms with Crippen molar-refractivity contribution in [3.8, 4) is 17.2 Å². The van der Waals surface area contributed by atoms with Gasteiger partial charge in [-0.3, -0.25) is 4.79 Å². The summed E-state index contributed by atoms with van der Waals surface area (Å²) in [6, 6.07) is 11.9. The van der Waals surface area contributed by atoms with Gasteiger partial charge < -0.3 is 14.5 Å². The fourth-order valence-electron chi connectivity index (χ4n) is 2.57. The van der Waals surface area contributed by atoms with Crippen LogP contribution in [0.3, 0.4) is 0 Å². The number of carbonyl (C=O) groups is 1. The second kappa shape index (κ2) is 8.83. The zero-order chi connectivity index (χ0) is 20.1. The Bertz CT molecular complexity index is 958. The Balaban J connectivity index is 1.61. The van der Waals surface area contributed by atoms with Gasteiger partial charge in [0.05, 0.1) is 11.4 Å². The highest BCUT2D eigenvalue weighted by molar-refractivity contribution is 7.99. The van der Waals surface area contributed by atoms with E-state index in [1.54, 1.807) is 6.07 Å². The summed E-state index contributed by atoms with van der Waals surface area (Å²) in [5, 5.41) is 10.7. The van der Waals surface area contributed by atoms with E-state index >= 15 is 0 Å². The van der Waals surface area contributed by atoms with Crippen LogP contribution in [0.15, 0.2) is 52.1 Å². The summed E-state index contributed by atoms with van der Waals surface area (Å²) in [6.07, 6.45) is 0. The number of nitrogens with one attached hydrogen (secondary N) is 1. The molecule has 0 unspecified atom stereocenters. The number of benzene rings is 2. The number of carbonyl (C=O) groups excluding carboxylic acids is 1. The van der Waals surface area contributed by atoms with Gasteiger partial charge in [-0.15, -0.1) is 10.2 Å². The van der Waals surface area contributed by atoms with Crippen LogP contribution in [-0.4, -0.2) is 28.5 Å². The summed E-state index contributed by atoms with van der Waals surface area (Å²) < 4.78 is 34.8. The molecule has 28 heavy (non-hydrogen) atoms. The van der Waals surface area contributed by atoms with E-state index in [0.29, 0.717) is 5.89 Å². The van der Waals surface area contributed by atoms with Crippen molar-refractivity contribution in [1.29, 1.82) is 0 Å². The topological polar surface area (TPSA) is 77.2 Å². The van der Waals surface area contributed by atoms with Crippen LogP contribution in [0, 0.1) is 13.8 Å². The summed E-state index contributed by atoms with van der Waals surface area (Å²) in [5.74, 6) is -0.185. The summed E-state index contributed by atoms with van der Waals surface area (Å²) in [4.78, 5) is 12.1. The SMILES string of the molecule is Cc1cc(C)cc(-c2nnc(SCC(=O)Nc3ccccc3OC(F)F)o2)c1. The highest BCUT2D eigenvalue weighted by Crippen LogP contribution is 2.27. The summed E-state index contributed by atoms with van der Waals surface area (Å²) >= 11 is 1.05. The molecule has 0 radical (unpaired) electrons. The number of ether oxygens (including phenoxy) is 1. The quantitative estimate of drug-likeness (QED) is 0.575. The first-order valence-electron chi connectivity index (χ1n) is 8.29. The van der Waals surface area contributed by atoms with Crippen LogP contribution < -0.4 is 10.1 Å². The van der Waals surface area contributed by atoms with Gasteiger partial charge in [0.2, 0.25) is 11.8 Å². The van der Waals surface area contributed by atoms with Crippen molar-refractivity contribution >= 4 is 23.4 Å². The van der Waals surface area contributed by atoms with Crippen molar-refractivity contribution in [3.05, 3.63) is 53.6 Å². The number of para-hydroxylation sites is 2. The number of aromatic nitrogens is 2. The predicted molar refractivity (Wildman–Crippen MR) is 102 cm³/mol. The first-order valence-corrected chi connectivity index (χ1v) is 9.28. The van der Waals surface area contributed by atoms with Crippen LogP contribution in [0.2, 0.25) is 0 Å². The van der Waals surface area contributed by atoms with Crippen molar-refractivity contribution in [1.82, 2.24) is 10.2 Å². The van der Waals surface area contributed by atoms with Crippen LogP contribution in [0.5, 0.6) is 5.75 Å². The van der Waals surface area contributed by atoms with Crippen LogP contribution in [0.4, 0.5) is 14.5 Å². The second-order valence-electron chi connectivity index (χ2n) is 5.96. The average Bonchev–Trinajstić information content (AvgIpc) is 3.09. The van der Waals surface area contributed by atoms with E-state index in [1.165, 1.54) is 18.2 Å². The molecule has 9 heteroatoms. The maximum absolute atomic E-state index is 12.4. The smallest absolute Gasteiger partial charge is 0.387 e. The molecule has 1 N–H and O–H groups in total. The molecule has 6 nitrogen and oxygen atoms in total. The molecule has 0 atom stereocenters. The Morgan fingerprint density at radius 1 is 1.18 bits per heavy atom. The molecule has 1 aromatic heterocycles. The maximum atomic E-state index is 12.4. The van der Waals surface area contributed by atoms with Crippen LogP contribution in [0.1, 0.15) is 11.1 Å². The minimum absolute atomic E-state index is 0.0303. The van der Waals surface area contributed by atoms with Crippen molar-refractivity contribution in [2.45, 2.75) is 25.7 Å². The third kappa shape index (κ3) is 5.29. The molecule has 146 valence electrons. The molecule has 0 aliphatic heterocycles. The monoisotopic (exact) mass is 405 g/mol. The zero-order valence-corrected chi connectivity index (χ0v) is 15.9. The number of aryl methyl sites for hydroxylation is 2. The Hall–Kier alpha value is -2.94. The fourth-order valence-corrected chi connectivity index (χ4v) is 3.13. The van der Waals surface area contributed by atoms with Crippen molar-refractivity contribution in [3.63, 3.8) is 0 Å². The van der Waals surface area contributed by atoms with E-state index in [0.717, 1.165) is 28.5 Å². The van der Waals surface area contributed by atoms with Gasteiger partial charge in [-0.25, -0.2) is 0 Å². The molecule has 0 aliphatic carbocycles. The lowest BCUT2D eigenvalue weighted by Crippen LogP contribution is -2.15. The van der Waals surface area contributed by atoms with Crippen LogP contribution in [0.25, 0.3) is 11.5 Å². The molecule has 3 rings (SSSR count). The summed E-state index contributed by atoms with van der Waals surface area (Å²) in [6.45, 7) is 0.972. The lowest BCUT2D eigenvalue weighted by atomic mass is 10.1. The standard InChI is InChI=1S/C19H17F2N3O3S/c1-11-7-12(2)9-13(8-11)17-23-24-19(27-17)28-10-16(25)22-14-5-3-4-6-15(14)26-18(20)21/h3-9,18H,10H2,1-2H3,(H,22,25). The number of nitrogens with zero attached hydrogens (tertiary/aromatic N) is 2. The molecular weight excluding hydrogens is 388 g/mol. The molecule has 0 bridgehead atoms. The Morgan fingerprint density at radius 2 is 1.89 bits per heavy atom.